The van der Waals surface area contributed by atoms with Crippen molar-refractivity contribution in [3.8, 4) is 28.0 Å². The van der Waals surface area contributed by atoms with E-state index in [1.54, 1.807) is 0 Å². The highest BCUT2D eigenvalue weighted by Gasteiger charge is 2.36. The van der Waals surface area contributed by atoms with Crippen LogP contribution in [0.4, 0.5) is 0 Å². The maximum Gasteiger partial charge on any atom is 0.131 e. The van der Waals surface area contributed by atoms with Gasteiger partial charge in [0.1, 0.15) is 5.75 Å². The van der Waals surface area contributed by atoms with Gasteiger partial charge in [-0.15, -0.1) is 0 Å². The van der Waals surface area contributed by atoms with E-state index in [0.717, 1.165) is 5.75 Å². The number of fused-ring (bicyclic) bond motifs is 2. The molecule has 0 N–H and O–H groups in total. The average molecular weight is 624 g/mol. The van der Waals surface area contributed by atoms with Crippen LogP contribution < -0.4 is 4.74 Å². The lowest BCUT2D eigenvalue weighted by molar-refractivity contribution is 0.399. The molecule has 237 valence electrons. The van der Waals surface area contributed by atoms with E-state index in [-0.39, 0.29) is 11.3 Å². The van der Waals surface area contributed by atoms with Gasteiger partial charge in [0.05, 0.1) is 15.9 Å². The van der Waals surface area contributed by atoms with Gasteiger partial charge >= 0.3 is 0 Å². The monoisotopic (exact) mass is 623 g/mol. The van der Waals surface area contributed by atoms with Crippen LogP contribution in [0.25, 0.3) is 34.4 Å². The number of benzene rings is 4. The summed E-state index contributed by atoms with van der Waals surface area (Å²) in [5.74, 6) is 1.17. The second kappa shape index (κ2) is 11.6. The molecule has 4 aromatic rings. The number of allylic oxidation sites excluding steroid dienone is 2. The van der Waals surface area contributed by atoms with Crippen LogP contribution in [0.1, 0.15) is 107 Å². The Morgan fingerprint density at radius 3 is 1.83 bits per heavy atom. The number of rotatable bonds is 5. The van der Waals surface area contributed by atoms with Gasteiger partial charge in [0, 0.05) is 17.0 Å². The zero-order valence-corrected chi connectivity index (χ0v) is 31.3. The molecule has 0 fully saturated rings. The second-order valence-electron chi connectivity index (χ2n) is 15.5. The molecule has 0 saturated heterocycles. The summed E-state index contributed by atoms with van der Waals surface area (Å²) in [6.45, 7) is 27.8. The minimum absolute atomic E-state index is 0.0887. The van der Waals surface area contributed by atoms with Gasteiger partial charge in [0.2, 0.25) is 0 Å². The van der Waals surface area contributed by atoms with Crippen LogP contribution in [-0.4, -0.2) is 15.9 Å². The first-order valence-electron chi connectivity index (χ1n) is 16.9. The molecule has 2 aliphatic rings. The molecule has 2 unspecified atom stereocenters. The van der Waals surface area contributed by atoms with Gasteiger partial charge in [-0.25, -0.2) is 0 Å². The van der Waals surface area contributed by atoms with E-state index in [1.165, 1.54) is 94.6 Å². The highest BCUT2D eigenvalue weighted by Crippen LogP contribution is 2.54. The number of hydrogen-bond acceptors (Lipinski definition) is 1. The molecule has 0 bridgehead atoms. The van der Waals surface area contributed by atoms with Gasteiger partial charge < -0.3 is 4.74 Å². The summed E-state index contributed by atoms with van der Waals surface area (Å²) in [6, 6.07) is 19.2. The maximum atomic E-state index is 6.34. The van der Waals surface area contributed by atoms with E-state index in [1.807, 2.05) is 7.11 Å². The third kappa shape index (κ3) is 5.33. The van der Waals surface area contributed by atoms with Crippen molar-refractivity contribution < 1.29 is 4.74 Å². The van der Waals surface area contributed by atoms with E-state index < -0.39 is 8.80 Å². The van der Waals surface area contributed by atoms with Gasteiger partial charge in [-0.2, -0.15) is 0 Å². The molecule has 4 aromatic carbocycles. The number of ether oxygens (including phenoxy) is 1. The standard InChI is InChI=1S/C44H51OSi/c1-24-14-25(2)17-31(16-24)41-35-21-29(6)40(36(35)23-38(42(41)45-11)44(8,9)10)39-28(5)15-26(3)19-34(39)32-18-27(4)20-37-33(32)22-30(7)43(37)46(12)13/h14-23,40,43H,1-13H3. The summed E-state index contributed by atoms with van der Waals surface area (Å²) < 4.78 is 6.34. The normalized spacial score (nSPS) is 17.3. The molecular weight excluding hydrogens is 573 g/mol. The zero-order valence-electron chi connectivity index (χ0n) is 30.3. The molecule has 2 heteroatoms. The number of methoxy groups -OCH3 is 1. The molecule has 0 spiro atoms. The van der Waals surface area contributed by atoms with Crippen molar-refractivity contribution >= 4 is 20.9 Å². The molecule has 0 aromatic heterocycles. The lowest BCUT2D eigenvalue weighted by Crippen LogP contribution is -2.16. The largest absolute Gasteiger partial charge is 0.496 e. The molecule has 0 saturated carbocycles. The molecule has 2 aliphatic carbocycles. The van der Waals surface area contributed by atoms with E-state index >= 15 is 0 Å². The van der Waals surface area contributed by atoms with E-state index in [0.29, 0.717) is 5.54 Å². The minimum atomic E-state index is -0.528. The maximum absolute atomic E-state index is 6.34. The Morgan fingerprint density at radius 2 is 1.22 bits per heavy atom. The number of aryl methyl sites for hydroxylation is 5. The highest BCUT2D eigenvalue weighted by molar-refractivity contribution is 6.58. The summed E-state index contributed by atoms with van der Waals surface area (Å²) in [5, 5.41) is 0. The molecule has 0 heterocycles. The van der Waals surface area contributed by atoms with Crippen LogP contribution in [0.2, 0.25) is 13.1 Å². The van der Waals surface area contributed by atoms with Crippen molar-refractivity contribution in [1.29, 1.82) is 0 Å². The minimum Gasteiger partial charge on any atom is -0.496 e. The fourth-order valence-corrected chi connectivity index (χ4v) is 10.4. The first-order valence-corrected chi connectivity index (χ1v) is 19.4. The molecule has 1 radical (unpaired) electrons. The van der Waals surface area contributed by atoms with Gasteiger partial charge in [0.25, 0.3) is 0 Å². The van der Waals surface area contributed by atoms with Crippen molar-refractivity contribution in [2.75, 3.05) is 7.11 Å². The smallest absolute Gasteiger partial charge is 0.131 e. The Morgan fingerprint density at radius 1 is 0.630 bits per heavy atom. The predicted molar refractivity (Wildman–Crippen MR) is 202 cm³/mol. The predicted octanol–water partition coefficient (Wildman–Crippen LogP) is 12.2. The Bertz CT molecular complexity index is 1940. The van der Waals surface area contributed by atoms with Crippen LogP contribution in [-0.2, 0) is 5.41 Å². The molecule has 2 atom stereocenters. The van der Waals surface area contributed by atoms with Crippen molar-refractivity contribution in [2.24, 2.45) is 0 Å². The quantitative estimate of drug-likeness (QED) is 0.201. The summed E-state index contributed by atoms with van der Waals surface area (Å²) in [6.07, 6.45) is 4.95. The molecule has 0 aliphatic heterocycles. The van der Waals surface area contributed by atoms with Crippen LogP contribution in [0.5, 0.6) is 5.75 Å². The zero-order chi connectivity index (χ0) is 33.4. The van der Waals surface area contributed by atoms with Gasteiger partial charge in [0.15, 0.2) is 0 Å². The summed E-state index contributed by atoms with van der Waals surface area (Å²) in [7, 11) is 1.31. The Balaban J connectivity index is 1.68. The second-order valence-corrected chi connectivity index (χ2v) is 18.3. The van der Waals surface area contributed by atoms with Gasteiger partial charge in [-0.05, 0) is 116 Å². The topological polar surface area (TPSA) is 9.23 Å². The SMILES string of the molecule is COc1c(C(C)(C)C)cc2c(c1-c1cc(C)cc(C)c1)C=C(C)C2c1c(C)cc(C)cc1-c1cc(C)cc2c1C=C(C)C2[Si](C)C. The molecule has 0 amide bonds. The van der Waals surface area contributed by atoms with E-state index in [2.05, 4.69) is 143 Å². The van der Waals surface area contributed by atoms with Crippen molar-refractivity contribution in [3.05, 3.63) is 121 Å². The molecule has 6 rings (SSSR count). The van der Waals surface area contributed by atoms with Crippen LogP contribution in [0.3, 0.4) is 0 Å². The summed E-state index contributed by atoms with van der Waals surface area (Å²) in [4.78, 5) is 0. The van der Waals surface area contributed by atoms with Crippen LogP contribution in [0, 0.1) is 34.6 Å². The lowest BCUT2D eigenvalue weighted by Gasteiger charge is -2.29. The average Bonchev–Trinajstić information content (AvgIpc) is 3.45. The molecule has 1 nitrogen and oxygen atoms in total. The molecular formula is C44H51OSi. The fraction of sp³-hybridized carbons (Fsp3) is 0.364. The first-order chi connectivity index (χ1) is 21.6. The van der Waals surface area contributed by atoms with Gasteiger partial charge in [-0.3, -0.25) is 0 Å². The summed E-state index contributed by atoms with van der Waals surface area (Å²) >= 11 is 0. The van der Waals surface area contributed by atoms with E-state index in [4.69, 9.17) is 4.74 Å². The van der Waals surface area contributed by atoms with Crippen LogP contribution >= 0.6 is 0 Å². The Kier molecular flexibility index (Phi) is 8.13. The number of hydrogen-bond donors (Lipinski definition) is 0. The van der Waals surface area contributed by atoms with Crippen molar-refractivity contribution in [1.82, 2.24) is 0 Å². The Labute approximate surface area is 280 Å². The van der Waals surface area contributed by atoms with Crippen LogP contribution in [0.15, 0.2) is 59.7 Å². The first kappa shape index (κ1) is 32.3. The van der Waals surface area contributed by atoms with E-state index in [9.17, 15) is 0 Å². The summed E-state index contributed by atoms with van der Waals surface area (Å²) in [5.41, 5.74) is 23.6. The fourth-order valence-electron chi connectivity index (χ4n) is 8.56. The van der Waals surface area contributed by atoms with Crippen molar-refractivity contribution in [2.45, 2.75) is 99.2 Å². The molecule has 46 heavy (non-hydrogen) atoms. The Hall–Kier alpha value is -3.62. The lowest BCUT2D eigenvalue weighted by atomic mass is 9.76. The third-order valence-electron chi connectivity index (χ3n) is 10.2. The highest BCUT2D eigenvalue weighted by atomic mass is 28.3. The third-order valence-corrected chi connectivity index (χ3v) is 12.1. The van der Waals surface area contributed by atoms with Gasteiger partial charge in [-0.1, -0.05) is 122 Å². The van der Waals surface area contributed by atoms with Crippen molar-refractivity contribution in [3.63, 3.8) is 0 Å².